The van der Waals surface area contributed by atoms with Gasteiger partial charge in [0.15, 0.2) is 0 Å². The Balaban J connectivity index is 0.0000101. The normalized spacial score (nSPS) is 14.3. The number of hydrogen-bond donors (Lipinski definition) is 0. The number of pyridine rings is 3. The Hall–Kier alpha value is -14.2. The number of aromatic nitrogens is 3. The predicted octanol–water partition coefficient (Wildman–Crippen LogP) is 33.3. The quantitative estimate of drug-likeness (QED) is 0.0952. The summed E-state index contributed by atoms with van der Waals surface area (Å²) in [5.41, 5.74) is 39.7. The second kappa shape index (κ2) is 33.2. The van der Waals surface area contributed by atoms with Crippen LogP contribution in [0.25, 0.3) is 200 Å². The molecule has 21 aromatic rings. The summed E-state index contributed by atoms with van der Waals surface area (Å²) in [6.45, 7) is 20.7. The molecule has 0 amide bonds. The first kappa shape index (κ1) is 81.8. The smallest absolute Gasteiger partial charge is 0.456 e. The van der Waals surface area contributed by atoms with Crippen molar-refractivity contribution in [3.05, 3.63) is 415 Å². The number of aryl methyl sites for hydroxylation is 3. The van der Waals surface area contributed by atoms with E-state index in [0.29, 0.717) is 0 Å². The Bertz CT molecular complexity index is 7610. The SMILES string of the molecule is Cc1cc(-c2[c-]cc(-c3ccccc3C3CC(c4ccc(C(C)(C)C)cc4-c4c[c-]c(-c5cc(C)c(-c6ccccc6)cn5)cc4-c4cccc5oc6ccccc6c45)CC(c4ccc(C(C)(C)C)cc4-c4c[c-]c(-c5cc(C)c(-c6ccccc6)cn5)cc4-c4cccc5oc6ccccc6c45)C3)c(-c3cccc4oc5ccccc5c34)c2)ncc1-c1ccccc1.[Ir+3]. The Morgan fingerprint density at radius 1 is 0.256 bits per heavy atom. The molecule has 624 valence electrons. The first-order valence-electron chi connectivity index (χ1n) is 44.8. The molecule has 6 nitrogen and oxygen atoms in total. The molecule has 22 rings (SSSR count). The van der Waals surface area contributed by atoms with Crippen LogP contribution in [0.5, 0.6) is 0 Å². The fourth-order valence-corrected chi connectivity index (χ4v) is 20.5. The molecule has 0 radical (unpaired) electrons. The monoisotopic (exact) mass is 1840 g/mol. The number of benzene rings is 15. The van der Waals surface area contributed by atoms with Crippen molar-refractivity contribution in [1.82, 2.24) is 15.0 Å². The summed E-state index contributed by atoms with van der Waals surface area (Å²) in [6, 6.07) is 134. The first-order chi connectivity index (χ1) is 62.4. The maximum Gasteiger partial charge on any atom is 3.00 e. The number of rotatable bonds is 15. The average Bonchev–Trinajstić information content (AvgIpc) is 1.74. The van der Waals surface area contributed by atoms with E-state index in [1.54, 1.807) is 0 Å². The van der Waals surface area contributed by atoms with Gasteiger partial charge in [-0.1, -0.05) is 352 Å². The average molecular weight is 1840 g/mol. The van der Waals surface area contributed by atoms with Crippen LogP contribution in [0.3, 0.4) is 0 Å². The van der Waals surface area contributed by atoms with Crippen molar-refractivity contribution in [2.24, 2.45) is 0 Å². The minimum Gasteiger partial charge on any atom is -0.456 e. The zero-order valence-corrected chi connectivity index (χ0v) is 76.1. The van der Waals surface area contributed by atoms with Gasteiger partial charge in [-0.3, -0.25) is 0 Å². The zero-order valence-electron chi connectivity index (χ0n) is 73.7. The molecule has 2 atom stereocenters. The van der Waals surface area contributed by atoms with Gasteiger partial charge in [-0.05, 0) is 200 Å². The summed E-state index contributed by atoms with van der Waals surface area (Å²) in [7, 11) is 0. The number of para-hydroxylation sites is 3. The van der Waals surface area contributed by atoms with Gasteiger partial charge in [-0.2, -0.15) is 0 Å². The number of fused-ring (bicyclic) bond motifs is 9. The molecule has 15 aromatic carbocycles. The molecule has 6 aromatic heterocycles. The molecular formula is C122H94IrN3O3. The van der Waals surface area contributed by atoms with Gasteiger partial charge in [0.1, 0.15) is 33.5 Å². The molecule has 0 saturated heterocycles. The number of hydrogen-bond acceptors (Lipinski definition) is 6. The summed E-state index contributed by atoms with van der Waals surface area (Å²) in [6.07, 6.45) is 8.62. The van der Waals surface area contributed by atoms with Crippen molar-refractivity contribution in [2.45, 2.75) is 110 Å². The number of furan rings is 3. The Labute approximate surface area is 767 Å². The third-order valence-corrected chi connectivity index (χ3v) is 27.0. The van der Waals surface area contributed by atoms with Crippen molar-refractivity contribution >= 4 is 65.8 Å². The molecule has 129 heavy (non-hydrogen) atoms. The van der Waals surface area contributed by atoms with Crippen molar-refractivity contribution < 1.29 is 33.4 Å². The van der Waals surface area contributed by atoms with Crippen LogP contribution >= 0.6 is 0 Å². The molecule has 1 aliphatic carbocycles. The maximum atomic E-state index is 6.83. The van der Waals surface area contributed by atoms with E-state index >= 15 is 0 Å². The standard InChI is InChI=1S/C122H94N3O3.Ir/c1-74-60-109(123-71-106(74)77-30-13-10-14-31-77)80-50-55-92(101(66-80)95-41-27-47-115-118(95)98-38-21-24-44-112(98)126-115)91-37-20-19-36-88(91)83-63-84(89-58-53-86(121(4,5)6)69-104(89)93-56-51-81(110-61-75(2)107(72-124-110)78-32-15-11-16-33-78)67-102(93)96-42-28-48-116-119(96)99-39-22-25-45-113(99)127-116)65-85(64-83)90-59-54-87(122(7,8)9)70-105(90)94-57-52-82(111-62-76(3)108(73-125-111)79-34-17-12-18-35-79)68-103(94)97-43-29-49-117-120(97)100-40-23-26-46-114(100)128-117;/h10-49,53-62,66-73,83-85H,63-65H2,1-9H3;/q-3;+3. The van der Waals surface area contributed by atoms with Gasteiger partial charge >= 0.3 is 20.1 Å². The van der Waals surface area contributed by atoms with Crippen LogP contribution in [0.4, 0.5) is 0 Å². The third kappa shape index (κ3) is 15.0. The largest absolute Gasteiger partial charge is 3.00 e. The number of nitrogens with zero attached hydrogens (tertiary/aromatic N) is 3. The summed E-state index contributed by atoms with van der Waals surface area (Å²) in [5.74, 6) is -0.0355. The molecule has 1 fully saturated rings. The van der Waals surface area contributed by atoms with E-state index in [0.717, 1.165) is 225 Å². The van der Waals surface area contributed by atoms with E-state index in [-0.39, 0.29) is 48.7 Å². The van der Waals surface area contributed by atoms with Crippen LogP contribution < -0.4 is 0 Å². The molecule has 0 aliphatic heterocycles. The Morgan fingerprint density at radius 3 is 0.876 bits per heavy atom. The second-order valence-electron chi connectivity index (χ2n) is 37.1. The molecular weight excluding hydrogens is 1750 g/mol. The summed E-state index contributed by atoms with van der Waals surface area (Å²) < 4.78 is 20.5. The third-order valence-electron chi connectivity index (χ3n) is 27.0. The maximum absolute atomic E-state index is 6.83. The van der Waals surface area contributed by atoms with E-state index in [2.05, 4.69) is 414 Å². The van der Waals surface area contributed by atoms with Gasteiger partial charge in [0.25, 0.3) is 0 Å². The Kier molecular flexibility index (Phi) is 21.1. The van der Waals surface area contributed by atoms with Gasteiger partial charge in [0, 0.05) is 67.6 Å². The minimum atomic E-state index is -0.226. The van der Waals surface area contributed by atoms with E-state index in [4.69, 9.17) is 28.2 Å². The van der Waals surface area contributed by atoms with Crippen LogP contribution in [0, 0.1) is 39.0 Å². The van der Waals surface area contributed by atoms with Crippen LogP contribution in [0.1, 0.15) is 123 Å². The minimum absolute atomic E-state index is 0. The van der Waals surface area contributed by atoms with Crippen LogP contribution in [0.15, 0.2) is 365 Å². The van der Waals surface area contributed by atoms with Crippen LogP contribution in [0.2, 0.25) is 0 Å². The van der Waals surface area contributed by atoms with E-state index in [1.807, 2.05) is 18.6 Å². The van der Waals surface area contributed by atoms with E-state index in [1.165, 1.54) is 38.9 Å². The second-order valence-corrected chi connectivity index (χ2v) is 37.1. The van der Waals surface area contributed by atoms with Crippen molar-refractivity contribution in [3.63, 3.8) is 0 Å². The van der Waals surface area contributed by atoms with Crippen LogP contribution in [-0.2, 0) is 30.9 Å². The molecule has 7 heteroatoms. The van der Waals surface area contributed by atoms with Crippen molar-refractivity contribution in [3.8, 4) is 134 Å². The Morgan fingerprint density at radius 2 is 0.543 bits per heavy atom. The van der Waals surface area contributed by atoms with Gasteiger partial charge in [-0.15, -0.1) is 71.3 Å². The molecule has 0 bridgehead atoms. The molecule has 6 heterocycles. The van der Waals surface area contributed by atoms with Gasteiger partial charge in [-0.25, -0.2) is 0 Å². The molecule has 0 N–H and O–H groups in total. The fourth-order valence-electron chi connectivity index (χ4n) is 20.5. The predicted molar refractivity (Wildman–Crippen MR) is 530 cm³/mol. The van der Waals surface area contributed by atoms with Crippen molar-refractivity contribution in [2.75, 3.05) is 0 Å². The van der Waals surface area contributed by atoms with Crippen molar-refractivity contribution in [1.29, 1.82) is 0 Å². The van der Waals surface area contributed by atoms with E-state index < -0.39 is 0 Å². The summed E-state index contributed by atoms with van der Waals surface area (Å²) in [5, 5.41) is 6.41. The molecule has 2 unspecified atom stereocenters. The summed E-state index contributed by atoms with van der Waals surface area (Å²) >= 11 is 0. The van der Waals surface area contributed by atoms with Gasteiger partial charge in [0.2, 0.25) is 0 Å². The zero-order chi connectivity index (χ0) is 86.6. The molecule has 1 aliphatic rings. The molecule has 0 spiro atoms. The van der Waals surface area contributed by atoms with Gasteiger partial charge in [0.05, 0.1) is 0 Å². The van der Waals surface area contributed by atoms with E-state index in [9.17, 15) is 0 Å². The first-order valence-corrected chi connectivity index (χ1v) is 44.8. The topological polar surface area (TPSA) is 78.1 Å². The van der Waals surface area contributed by atoms with Crippen LogP contribution in [-0.4, -0.2) is 15.0 Å². The summed E-state index contributed by atoms with van der Waals surface area (Å²) in [4.78, 5) is 15.9. The van der Waals surface area contributed by atoms with Gasteiger partial charge < -0.3 is 28.2 Å². The molecule has 1 saturated carbocycles. The fraction of sp³-hybridized carbons (Fsp3) is 0.139.